The molecule has 78 valence electrons. The molecule has 0 fully saturated rings. The summed E-state index contributed by atoms with van der Waals surface area (Å²) in [6.45, 7) is 2.08. The topological polar surface area (TPSA) is 13.1 Å². The summed E-state index contributed by atoms with van der Waals surface area (Å²) in [5, 5.41) is -0.0817. The summed E-state index contributed by atoms with van der Waals surface area (Å²) in [4.78, 5) is 0. The van der Waals surface area contributed by atoms with Gasteiger partial charge in [0.05, 0.1) is 11.6 Å². The molecule has 1 unspecified atom stereocenters. The van der Waals surface area contributed by atoms with Crippen LogP contribution in [0.3, 0.4) is 0 Å². The molecule has 0 N–H and O–H groups in total. The Labute approximate surface area is 94.7 Å². The number of alkyl halides is 1. The lowest BCUT2D eigenvalue weighted by molar-refractivity contribution is 0.502. The highest BCUT2D eigenvalue weighted by Gasteiger charge is 2.11. The minimum Gasteiger partial charge on any atom is -0.468 e. The molecule has 0 aliphatic rings. The lowest BCUT2D eigenvalue weighted by atomic mass is 10.1. The Morgan fingerprint density at radius 3 is 2.80 bits per heavy atom. The van der Waals surface area contributed by atoms with Crippen LogP contribution in [-0.2, 0) is 6.42 Å². The lowest BCUT2D eigenvalue weighted by Gasteiger charge is -2.06. The van der Waals surface area contributed by atoms with Crippen LogP contribution in [0.4, 0.5) is 0 Å². The smallest absolute Gasteiger partial charge is 0.121 e. The predicted octanol–water partition coefficient (Wildman–Crippen LogP) is 4.11. The van der Waals surface area contributed by atoms with Crippen LogP contribution in [0, 0.1) is 6.92 Å². The largest absolute Gasteiger partial charge is 0.468 e. The molecule has 0 aliphatic heterocycles. The van der Waals surface area contributed by atoms with Crippen LogP contribution in [0.25, 0.3) is 0 Å². The molecule has 2 heteroatoms. The van der Waals surface area contributed by atoms with Crippen molar-refractivity contribution in [3.63, 3.8) is 0 Å². The molecule has 15 heavy (non-hydrogen) atoms. The first-order chi connectivity index (χ1) is 7.25. The molecular weight excluding hydrogens is 208 g/mol. The normalized spacial score (nSPS) is 12.7. The average Bonchev–Trinajstić information content (AvgIpc) is 2.70. The van der Waals surface area contributed by atoms with Crippen molar-refractivity contribution in [1.29, 1.82) is 0 Å². The first-order valence-electron chi connectivity index (χ1n) is 4.99. The van der Waals surface area contributed by atoms with Crippen molar-refractivity contribution < 1.29 is 4.42 Å². The van der Waals surface area contributed by atoms with E-state index in [-0.39, 0.29) is 5.38 Å². The van der Waals surface area contributed by atoms with Gasteiger partial charge < -0.3 is 4.42 Å². The van der Waals surface area contributed by atoms with Crippen molar-refractivity contribution in [1.82, 2.24) is 0 Å². The van der Waals surface area contributed by atoms with Gasteiger partial charge in [-0.1, -0.05) is 29.8 Å². The van der Waals surface area contributed by atoms with Crippen LogP contribution in [0.2, 0.25) is 0 Å². The van der Waals surface area contributed by atoms with Crippen molar-refractivity contribution in [3.8, 4) is 0 Å². The Kier molecular flexibility index (Phi) is 3.12. The van der Waals surface area contributed by atoms with Gasteiger partial charge in [-0.05, 0) is 31.0 Å². The number of hydrogen-bond acceptors (Lipinski definition) is 1. The van der Waals surface area contributed by atoms with E-state index in [9.17, 15) is 0 Å². The molecule has 0 radical (unpaired) electrons. The van der Waals surface area contributed by atoms with Crippen molar-refractivity contribution in [2.45, 2.75) is 18.7 Å². The summed E-state index contributed by atoms with van der Waals surface area (Å²) in [5.41, 5.74) is 2.50. The molecular formula is C13H13ClO. The molecule has 1 nitrogen and oxygen atoms in total. The first kappa shape index (κ1) is 10.3. The van der Waals surface area contributed by atoms with Crippen LogP contribution in [0.15, 0.2) is 47.1 Å². The summed E-state index contributed by atoms with van der Waals surface area (Å²) in [7, 11) is 0. The molecule has 2 rings (SSSR count). The summed E-state index contributed by atoms with van der Waals surface area (Å²) in [5.74, 6) is 0.832. The van der Waals surface area contributed by atoms with E-state index < -0.39 is 0 Å². The van der Waals surface area contributed by atoms with Crippen LogP contribution >= 0.6 is 11.6 Å². The molecule has 2 aromatic rings. The highest BCUT2D eigenvalue weighted by atomic mass is 35.5. The Morgan fingerprint density at radius 1 is 1.27 bits per heavy atom. The fraction of sp³-hybridized carbons (Fsp3) is 0.231. The Bertz CT molecular complexity index is 420. The zero-order chi connectivity index (χ0) is 10.7. The minimum absolute atomic E-state index is 0.0817. The highest BCUT2D eigenvalue weighted by molar-refractivity contribution is 6.20. The SMILES string of the molecule is Cc1cccc(CC(Cl)c2ccco2)c1. The van der Waals surface area contributed by atoms with Crippen molar-refractivity contribution in [2.75, 3.05) is 0 Å². The maximum atomic E-state index is 6.24. The van der Waals surface area contributed by atoms with E-state index in [1.807, 2.05) is 12.1 Å². The zero-order valence-corrected chi connectivity index (χ0v) is 9.37. The monoisotopic (exact) mass is 220 g/mol. The quantitative estimate of drug-likeness (QED) is 0.710. The Balaban J connectivity index is 2.09. The standard InChI is InChI=1S/C13H13ClO/c1-10-4-2-5-11(8-10)9-12(14)13-6-3-7-15-13/h2-8,12H,9H2,1H3. The number of aryl methyl sites for hydroxylation is 1. The molecule has 1 aromatic heterocycles. The van der Waals surface area contributed by atoms with Gasteiger partial charge in [-0.2, -0.15) is 0 Å². The van der Waals surface area contributed by atoms with Crippen LogP contribution in [0.1, 0.15) is 22.3 Å². The zero-order valence-electron chi connectivity index (χ0n) is 8.61. The van der Waals surface area contributed by atoms with Gasteiger partial charge in [-0.25, -0.2) is 0 Å². The lowest BCUT2D eigenvalue weighted by Crippen LogP contribution is -1.94. The third-order valence-corrected chi connectivity index (χ3v) is 2.72. The molecule has 0 saturated carbocycles. The van der Waals surface area contributed by atoms with Gasteiger partial charge in [0.2, 0.25) is 0 Å². The molecule has 1 aromatic carbocycles. The van der Waals surface area contributed by atoms with E-state index in [1.54, 1.807) is 6.26 Å². The van der Waals surface area contributed by atoms with Gasteiger partial charge in [0.15, 0.2) is 0 Å². The maximum Gasteiger partial charge on any atom is 0.121 e. The number of hydrogen-bond donors (Lipinski definition) is 0. The van der Waals surface area contributed by atoms with E-state index in [1.165, 1.54) is 11.1 Å². The van der Waals surface area contributed by atoms with Crippen molar-refractivity contribution in [2.24, 2.45) is 0 Å². The summed E-state index contributed by atoms with van der Waals surface area (Å²) in [6, 6.07) is 12.1. The summed E-state index contributed by atoms with van der Waals surface area (Å²) >= 11 is 6.24. The van der Waals surface area contributed by atoms with Gasteiger partial charge in [-0.3, -0.25) is 0 Å². The number of halogens is 1. The molecule has 0 aliphatic carbocycles. The van der Waals surface area contributed by atoms with Gasteiger partial charge >= 0.3 is 0 Å². The molecule has 1 atom stereocenters. The van der Waals surface area contributed by atoms with Gasteiger partial charge in [0.25, 0.3) is 0 Å². The van der Waals surface area contributed by atoms with E-state index >= 15 is 0 Å². The van der Waals surface area contributed by atoms with E-state index in [2.05, 4.69) is 31.2 Å². The van der Waals surface area contributed by atoms with Crippen molar-refractivity contribution in [3.05, 3.63) is 59.5 Å². The van der Waals surface area contributed by atoms with Crippen LogP contribution < -0.4 is 0 Å². The van der Waals surface area contributed by atoms with E-state index in [0.29, 0.717) is 0 Å². The fourth-order valence-corrected chi connectivity index (χ4v) is 1.92. The highest BCUT2D eigenvalue weighted by Crippen LogP contribution is 2.25. The Hall–Kier alpha value is -1.21. The summed E-state index contributed by atoms with van der Waals surface area (Å²) in [6.07, 6.45) is 2.46. The fourth-order valence-electron chi connectivity index (χ4n) is 1.62. The molecule has 0 amide bonds. The number of benzene rings is 1. The third kappa shape index (κ3) is 2.63. The van der Waals surface area contributed by atoms with Gasteiger partial charge in [0, 0.05) is 0 Å². The van der Waals surface area contributed by atoms with Crippen molar-refractivity contribution >= 4 is 11.6 Å². The van der Waals surface area contributed by atoms with Gasteiger partial charge in [0.1, 0.15) is 5.76 Å². The average molecular weight is 221 g/mol. The Morgan fingerprint density at radius 2 is 2.13 bits per heavy atom. The van der Waals surface area contributed by atoms with E-state index in [4.69, 9.17) is 16.0 Å². The molecule has 0 spiro atoms. The predicted molar refractivity (Wildman–Crippen MR) is 62.2 cm³/mol. The second-order valence-electron chi connectivity index (χ2n) is 3.68. The second kappa shape index (κ2) is 4.54. The molecule has 1 heterocycles. The molecule has 0 bridgehead atoms. The number of furan rings is 1. The van der Waals surface area contributed by atoms with E-state index in [0.717, 1.165) is 12.2 Å². The third-order valence-electron chi connectivity index (χ3n) is 2.35. The minimum atomic E-state index is -0.0817. The number of rotatable bonds is 3. The second-order valence-corrected chi connectivity index (χ2v) is 4.20. The first-order valence-corrected chi connectivity index (χ1v) is 5.42. The summed E-state index contributed by atoms with van der Waals surface area (Å²) < 4.78 is 5.27. The molecule has 0 saturated heterocycles. The van der Waals surface area contributed by atoms with Crippen LogP contribution in [0.5, 0.6) is 0 Å². The van der Waals surface area contributed by atoms with Crippen LogP contribution in [-0.4, -0.2) is 0 Å². The van der Waals surface area contributed by atoms with Gasteiger partial charge in [-0.15, -0.1) is 11.6 Å². The maximum absolute atomic E-state index is 6.24.